The number of halogens is 1. The summed E-state index contributed by atoms with van der Waals surface area (Å²) in [4.78, 5) is 16.9. The van der Waals surface area contributed by atoms with Gasteiger partial charge in [0.2, 0.25) is 5.91 Å². The fourth-order valence-electron chi connectivity index (χ4n) is 3.52. The molecule has 1 fully saturated rings. The minimum Gasteiger partial charge on any atom is -0.489 e. The van der Waals surface area contributed by atoms with Gasteiger partial charge in [0, 0.05) is 23.4 Å². The van der Waals surface area contributed by atoms with E-state index in [4.69, 9.17) is 4.74 Å². The van der Waals surface area contributed by atoms with Crippen molar-refractivity contribution in [3.8, 4) is 5.75 Å². The van der Waals surface area contributed by atoms with Gasteiger partial charge in [0.15, 0.2) is 0 Å². The molecular formula is C19H19FN2O2. The van der Waals surface area contributed by atoms with Crippen LogP contribution in [0.3, 0.4) is 0 Å². The van der Waals surface area contributed by atoms with E-state index in [-0.39, 0.29) is 35.7 Å². The van der Waals surface area contributed by atoms with E-state index in [2.05, 4.69) is 10.3 Å². The molecule has 0 saturated heterocycles. The van der Waals surface area contributed by atoms with Crippen molar-refractivity contribution in [3.63, 3.8) is 0 Å². The molecule has 1 aliphatic heterocycles. The lowest BCUT2D eigenvalue weighted by Gasteiger charge is -2.18. The molecule has 0 radical (unpaired) electrons. The lowest BCUT2D eigenvalue weighted by atomic mass is 10.0. The van der Waals surface area contributed by atoms with Crippen LogP contribution in [0.4, 0.5) is 4.39 Å². The molecule has 1 aliphatic carbocycles. The van der Waals surface area contributed by atoms with Gasteiger partial charge in [-0.05, 0) is 43.2 Å². The molecule has 4 nitrogen and oxygen atoms in total. The number of nitrogens with one attached hydrogen (secondary N) is 1. The number of hydrogen-bond donors (Lipinski definition) is 1. The zero-order valence-electron chi connectivity index (χ0n) is 13.6. The molecule has 0 spiro atoms. The fraction of sp³-hybridized carbons (Fsp3) is 0.368. The number of fused-ring (bicyclic) bond motifs is 3. The molecule has 1 amide bonds. The molecular weight excluding hydrogens is 307 g/mol. The van der Waals surface area contributed by atoms with Crippen LogP contribution in [0.2, 0.25) is 0 Å². The van der Waals surface area contributed by atoms with Gasteiger partial charge in [0.1, 0.15) is 17.7 Å². The maximum Gasteiger partial charge on any atom is 0.228 e. The SMILES string of the molecule is CCC(NC(=O)C1C2Oc3ccc(F)cc3C21)c1ccc(C)nc1. The average molecular weight is 326 g/mol. The number of carbonyl (C=O) groups is 1. The van der Waals surface area contributed by atoms with Crippen LogP contribution < -0.4 is 10.1 Å². The van der Waals surface area contributed by atoms with Crippen molar-refractivity contribution in [3.05, 3.63) is 59.2 Å². The first-order valence-electron chi connectivity index (χ1n) is 8.27. The number of amides is 1. The normalized spacial score (nSPS) is 24.5. The summed E-state index contributed by atoms with van der Waals surface area (Å²) >= 11 is 0. The number of carbonyl (C=O) groups excluding carboxylic acids is 1. The predicted octanol–water partition coefficient (Wildman–Crippen LogP) is 3.27. The monoisotopic (exact) mass is 326 g/mol. The predicted molar refractivity (Wildman–Crippen MR) is 87.2 cm³/mol. The Bertz CT molecular complexity index is 790. The summed E-state index contributed by atoms with van der Waals surface area (Å²) in [7, 11) is 0. The summed E-state index contributed by atoms with van der Waals surface area (Å²) in [5.41, 5.74) is 2.75. The molecule has 24 heavy (non-hydrogen) atoms. The molecule has 0 bridgehead atoms. The number of nitrogens with zero attached hydrogens (tertiary/aromatic N) is 1. The molecule has 4 atom stereocenters. The Kier molecular flexibility index (Phi) is 3.52. The van der Waals surface area contributed by atoms with Crippen LogP contribution in [0.5, 0.6) is 5.75 Å². The largest absolute Gasteiger partial charge is 0.489 e. The van der Waals surface area contributed by atoms with Crippen LogP contribution in [0.1, 0.15) is 42.1 Å². The van der Waals surface area contributed by atoms with Crippen molar-refractivity contribution in [1.82, 2.24) is 10.3 Å². The van der Waals surface area contributed by atoms with Gasteiger partial charge in [-0.2, -0.15) is 0 Å². The average Bonchev–Trinajstić information content (AvgIpc) is 3.18. The van der Waals surface area contributed by atoms with Crippen molar-refractivity contribution in [2.75, 3.05) is 0 Å². The smallest absolute Gasteiger partial charge is 0.228 e. The summed E-state index contributed by atoms with van der Waals surface area (Å²) in [6, 6.07) is 8.37. The third-order valence-electron chi connectivity index (χ3n) is 4.91. The summed E-state index contributed by atoms with van der Waals surface area (Å²) < 4.78 is 19.2. The Balaban J connectivity index is 1.47. The van der Waals surface area contributed by atoms with Crippen LogP contribution in [-0.4, -0.2) is 17.0 Å². The molecule has 1 N–H and O–H groups in total. The maximum absolute atomic E-state index is 13.4. The van der Waals surface area contributed by atoms with Crippen LogP contribution in [0.25, 0.3) is 0 Å². The highest BCUT2D eigenvalue weighted by Gasteiger charge is 2.62. The number of rotatable bonds is 4. The van der Waals surface area contributed by atoms with E-state index in [1.807, 2.05) is 26.0 Å². The molecule has 1 aromatic heterocycles. The fourth-order valence-corrected chi connectivity index (χ4v) is 3.52. The van der Waals surface area contributed by atoms with Crippen molar-refractivity contribution in [2.45, 2.75) is 38.3 Å². The second-order valence-electron chi connectivity index (χ2n) is 6.52. The molecule has 1 saturated carbocycles. The highest BCUT2D eigenvalue weighted by Crippen LogP contribution is 2.58. The van der Waals surface area contributed by atoms with Gasteiger partial charge >= 0.3 is 0 Å². The lowest BCUT2D eigenvalue weighted by molar-refractivity contribution is -0.123. The van der Waals surface area contributed by atoms with Gasteiger partial charge in [0.25, 0.3) is 0 Å². The van der Waals surface area contributed by atoms with Gasteiger partial charge < -0.3 is 10.1 Å². The second-order valence-corrected chi connectivity index (χ2v) is 6.52. The number of aryl methyl sites for hydroxylation is 1. The number of aromatic nitrogens is 1. The number of hydrogen-bond acceptors (Lipinski definition) is 3. The van der Waals surface area contributed by atoms with Gasteiger partial charge in [-0.25, -0.2) is 4.39 Å². The van der Waals surface area contributed by atoms with Crippen molar-refractivity contribution < 1.29 is 13.9 Å². The topological polar surface area (TPSA) is 51.2 Å². The van der Waals surface area contributed by atoms with Gasteiger partial charge in [0.05, 0.1) is 12.0 Å². The number of pyridine rings is 1. The second kappa shape index (κ2) is 5.58. The van der Waals surface area contributed by atoms with Gasteiger partial charge in [-0.3, -0.25) is 9.78 Å². The minimum atomic E-state index is -0.291. The van der Waals surface area contributed by atoms with E-state index in [0.717, 1.165) is 23.2 Å². The van der Waals surface area contributed by atoms with Crippen molar-refractivity contribution >= 4 is 5.91 Å². The summed E-state index contributed by atoms with van der Waals surface area (Å²) in [6.07, 6.45) is 2.43. The van der Waals surface area contributed by atoms with E-state index in [1.165, 1.54) is 12.1 Å². The maximum atomic E-state index is 13.4. The minimum absolute atomic E-state index is 0.0238. The van der Waals surface area contributed by atoms with E-state index >= 15 is 0 Å². The van der Waals surface area contributed by atoms with Crippen LogP contribution in [0.15, 0.2) is 36.5 Å². The Morgan fingerprint density at radius 3 is 2.92 bits per heavy atom. The highest BCUT2D eigenvalue weighted by molar-refractivity contribution is 5.86. The summed E-state index contributed by atoms with van der Waals surface area (Å²) in [6.45, 7) is 3.96. The Labute approximate surface area is 140 Å². The summed E-state index contributed by atoms with van der Waals surface area (Å²) in [5.74, 6) is 0.120. The Hall–Kier alpha value is -2.43. The van der Waals surface area contributed by atoms with Crippen molar-refractivity contribution in [1.29, 1.82) is 0 Å². The molecule has 4 rings (SSSR count). The third-order valence-corrected chi connectivity index (χ3v) is 4.91. The highest BCUT2D eigenvalue weighted by atomic mass is 19.1. The van der Waals surface area contributed by atoms with E-state index < -0.39 is 0 Å². The Morgan fingerprint density at radius 2 is 2.21 bits per heavy atom. The summed E-state index contributed by atoms with van der Waals surface area (Å²) in [5, 5.41) is 3.09. The first kappa shape index (κ1) is 15.1. The molecule has 124 valence electrons. The zero-order chi connectivity index (χ0) is 16.8. The zero-order valence-corrected chi connectivity index (χ0v) is 13.6. The first-order valence-corrected chi connectivity index (χ1v) is 8.27. The molecule has 2 heterocycles. The van der Waals surface area contributed by atoms with Gasteiger partial charge in [-0.1, -0.05) is 13.0 Å². The Morgan fingerprint density at radius 1 is 1.38 bits per heavy atom. The van der Waals surface area contributed by atoms with E-state index in [9.17, 15) is 9.18 Å². The first-order chi connectivity index (χ1) is 11.6. The quantitative estimate of drug-likeness (QED) is 0.938. The van der Waals surface area contributed by atoms with E-state index in [0.29, 0.717) is 5.75 Å². The lowest BCUT2D eigenvalue weighted by Crippen LogP contribution is -2.31. The standard InChI is InChI=1S/C19H19FN2O2/c1-3-14(11-5-4-10(2)21-9-11)22-19(23)17-16-13-8-12(20)6-7-15(13)24-18(16)17/h4-9,14,16-18H,3H2,1-2H3,(H,22,23). The number of benzene rings is 1. The number of ether oxygens (including phenoxy) is 1. The van der Waals surface area contributed by atoms with Crippen LogP contribution >= 0.6 is 0 Å². The molecule has 5 heteroatoms. The van der Waals surface area contributed by atoms with Crippen molar-refractivity contribution in [2.24, 2.45) is 5.92 Å². The van der Waals surface area contributed by atoms with E-state index in [1.54, 1.807) is 12.3 Å². The molecule has 2 aromatic rings. The molecule has 2 aliphatic rings. The molecule has 4 unspecified atom stereocenters. The van der Waals surface area contributed by atoms with Crippen LogP contribution in [-0.2, 0) is 4.79 Å². The third kappa shape index (κ3) is 2.44. The molecule has 1 aromatic carbocycles. The van der Waals surface area contributed by atoms with Gasteiger partial charge in [-0.15, -0.1) is 0 Å². The van der Waals surface area contributed by atoms with Crippen LogP contribution in [0, 0.1) is 18.7 Å².